The van der Waals surface area contributed by atoms with Crippen LogP contribution >= 0.6 is 0 Å². The maximum absolute atomic E-state index is 11.4. The Morgan fingerprint density at radius 1 is 1.53 bits per heavy atom. The lowest BCUT2D eigenvalue weighted by molar-refractivity contribution is -0.116. The van der Waals surface area contributed by atoms with E-state index in [-0.39, 0.29) is 5.91 Å². The van der Waals surface area contributed by atoms with Gasteiger partial charge in [0.2, 0.25) is 11.8 Å². The lowest BCUT2D eigenvalue weighted by atomic mass is 10.2. The lowest BCUT2D eigenvalue weighted by Gasteiger charge is -2.04. The van der Waals surface area contributed by atoms with Crippen LogP contribution in [0, 0.1) is 0 Å². The summed E-state index contributed by atoms with van der Waals surface area (Å²) in [5.41, 5.74) is 0.705. The van der Waals surface area contributed by atoms with Crippen molar-refractivity contribution in [3.63, 3.8) is 0 Å². The molecule has 1 aromatic rings. The zero-order valence-electron chi connectivity index (χ0n) is 9.12. The fourth-order valence-corrected chi connectivity index (χ4v) is 1.14. The Labute approximate surface area is 89.7 Å². The second-order valence-electron chi connectivity index (χ2n) is 3.24. The molecular weight excluding hydrogens is 192 g/mol. The molecular formula is C11H16N2O2. The number of hydrogen-bond donors (Lipinski definition) is 1. The van der Waals surface area contributed by atoms with Crippen molar-refractivity contribution in [3.8, 4) is 5.88 Å². The number of anilines is 1. The summed E-state index contributed by atoms with van der Waals surface area (Å²) in [6.45, 7) is 2.06. The maximum Gasteiger partial charge on any atom is 0.224 e. The molecule has 1 aromatic heterocycles. The fraction of sp³-hybridized carbons (Fsp3) is 0.455. The molecule has 0 unspecified atom stereocenters. The standard InChI is InChI=1S/C11H16N2O2/c1-3-4-5-10(14)13-9-6-7-11(15-2)12-8-9/h6-8H,3-5H2,1-2H3,(H,13,14). The molecule has 4 heteroatoms. The molecule has 1 heterocycles. The molecule has 0 aromatic carbocycles. The highest BCUT2D eigenvalue weighted by molar-refractivity contribution is 5.90. The number of hydrogen-bond acceptors (Lipinski definition) is 3. The van der Waals surface area contributed by atoms with Gasteiger partial charge in [0.25, 0.3) is 0 Å². The summed E-state index contributed by atoms with van der Waals surface area (Å²) in [6.07, 6.45) is 4.08. The third-order valence-electron chi connectivity index (χ3n) is 1.99. The van der Waals surface area contributed by atoms with Gasteiger partial charge in [0.05, 0.1) is 19.0 Å². The number of aromatic nitrogens is 1. The molecule has 1 N–H and O–H groups in total. The molecule has 0 aliphatic rings. The van der Waals surface area contributed by atoms with Crippen LogP contribution in [0.4, 0.5) is 5.69 Å². The molecule has 0 spiro atoms. The Kier molecular flexibility index (Phi) is 4.60. The molecule has 4 nitrogen and oxygen atoms in total. The van der Waals surface area contributed by atoms with E-state index >= 15 is 0 Å². The highest BCUT2D eigenvalue weighted by Gasteiger charge is 2.01. The van der Waals surface area contributed by atoms with Crippen molar-refractivity contribution >= 4 is 11.6 Å². The van der Waals surface area contributed by atoms with Gasteiger partial charge in [0.1, 0.15) is 0 Å². The van der Waals surface area contributed by atoms with E-state index in [1.54, 1.807) is 25.4 Å². The monoisotopic (exact) mass is 208 g/mol. The molecule has 0 saturated carbocycles. The highest BCUT2D eigenvalue weighted by atomic mass is 16.5. The second-order valence-corrected chi connectivity index (χ2v) is 3.24. The van der Waals surface area contributed by atoms with Crippen LogP contribution in [0.2, 0.25) is 0 Å². The van der Waals surface area contributed by atoms with Crippen LogP contribution in [-0.2, 0) is 4.79 Å². The summed E-state index contributed by atoms with van der Waals surface area (Å²) < 4.78 is 4.92. The molecule has 82 valence electrons. The van der Waals surface area contributed by atoms with Gasteiger partial charge in [-0.25, -0.2) is 4.98 Å². The van der Waals surface area contributed by atoms with Crippen LogP contribution in [0.15, 0.2) is 18.3 Å². The van der Waals surface area contributed by atoms with E-state index in [0.717, 1.165) is 12.8 Å². The van der Waals surface area contributed by atoms with E-state index in [4.69, 9.17) is 4.74 Å². The molecule has 0 aliphatic carbocycles. The number of nitrogens with zero attached hydrogens (tertiary/aromatic N) is 1. The zero-order valence-corrected chi connectivity index (χ0v) is 9.12. The summed E-state index contributed by atoms with van der Waals surface area (Å²) in [4.78, 5) is 15.3. The first-order valence-electron chi connectivity index (χ1n) is 5.06. The molecule has 0 bridgehead atoms. The lowest BCUT2D eigenvalue weighted by Crippen LogP contribution is -2.11. The molecule has 0 atom stereocenters. The van der Waals surface area contributed by atoms with Gasteiger partial charge in [-0.3, -0.25) is 4.79 Å². The number of unbranched alkanes of at least 4 members (excludes halogenated alkanes) is 1. The van der Waals surface area contributed by atoms with Crippen LogP contribution < -0.4 is 10.1 Å². The van der Waals surface area contributed by atoms with E-state index in [2.05, 4.69) is 17.2 Å². The van der Waals surface area contributed by atoms with Gasteiger partial charge in [-0.1, -0.05) is 13.3 Å². The minimum atomic E-state index is 0.0313. The average Bonchev–Trinajstić information content (AvgIpc) is 2.27. The van der Waals surface area contributed by atoms with Crippen LogP contribution in [0.3, 0.4) is 0 Å². The van der Waals surface area contributed by atoms with Crippen molar-refractivity contribution in [3.05, 3.63) is 18.3 Å². The predicted molar refractivity (Wildman–Crippen MR) is 58.9 cm³/mol. The minimum Gasteiger partial charge on any atom is -0.481 e. The molecule has 0 fully saturated rings. The molecule has 0 aliphatic heterocycles. The SMILES string of the molecule is CCCCC(=O)Nc1ccc(OC)nc1. The Balaban J connectivity index is 2.46. The van der Waals surface area contributed by atoms with E-state index in [9.17, 15) is 4.79 Å². The number of methoxy groups -OCH3 is 1. The van der Waals surface area contributed by atoms with Crippen molar-refractivity contribution in [2.24, 2.45) is 0 Å². The first-order chi connectivity index (χ1) is 7.26. The zero-order chi connectivity index (χ0) is 11.1. The quantitative estimate of drug-likeness (QED) is 0.807. The van der Waals surface area contributed by atoms with Gasteiger partial charge in [0.15, 0.2) is 0 Å². The van der Waals surface area contributed by atoms with Gasteiger partial charge in [0, 0.05) is 12.5 Å². The van der Waals surface area contributed by atoms with Crippen molar-refractivity contribution in [2.45, 2.75) is 26.2 Å². The van der Waals surface area contributed by atoms with Crippen LogP contribution in [0.1, 0.15) is 26.2 Å². The third-order valence-corrected chi connectivity index (χ3v) is 1.99. The number of amides is 1. The predicted octanol–water partition coefficient (Wildman–Crippen LogP) is 2.22. The number of rotatable bonds is 5. The maximum atomic E-state index is 11.4. The van der Waals surface area contributed by atoms with Crippen LogP contribution in [-0.4, -0.2) is 18.0 Å². The Bertz CT molecular complexity index is 309. The Morgan fingerprint density at radius 3 is 2.87 bits per heavy atom. The van der Waals surface area contributed by atoms with Crippen LogP contribution in [0.5, 0.6) is 5.88 Å². The van der Waals surface area contributed by atoms with Crippen molar-refractivity contribution < 1.29 is 9.53 Å². The van der Waals surface area contributed by atoms with E-state index in [1.807, 2.05) is 0 Å². The van der Waals surface area contributed by atoms with Crippen molar-refractivity contribution in [1.29, 1.82) is 0 Å². The number of carbonyl (C=O) groups is 1. The first kappa shape index (κ1) is 11.5. The fourth-order valence-electron chi connectivity index (χ4n) is 1.14. The van der Waals surface area contributed by atoms with Crippen molar-refractivity contribution in [2.75, 3.05) is 12.4 Å². The minimum absolute atomic E-state index is 0.0313. The largest absolute Gasteiger partial charge is 0.481 e. The second kappa shape index (κ2) is 6.01. The number of nitrogens with one attached hydrogen (secondary N) is 1. The summed E-state index contributed by atoms with van der Waals surface area (Å²) in [5.74, 6) is 0.574. The number of carbonyl (C=O) groups excluding carboxylic acids is 1. The first-order valence-corrected chi connectivity index (χ1v) is 5.06. The van der Waals surface area contributed by atoms with Crippen molar-refractivity contribution in [1.82, 2.24) is 4.98 Å². The number of pyridine rings is 1. The average molecular weight is 208 g/mol. The summed E-state index contributed by atoms with van der Waals surface area (Å²) in [5, 5.41) is 2.77. The van der Waals surface area contributed by atoms with Gasteiger partial charge in [-0.05, 0) is 12.5 Å². The number of ether oxygens (including phenoxy) is 1. The topological polar surface area (TPSA) is 51.2 Å². The normalized spacial score (nSPS) is 9.73. The molecule has 15 heavy (non-hydrogen) atoms. The summed E-state index contributed by atoms with van der Waals surface area (Å²) in [7, 11) is 1.56. The summed E-state index contributed by atoms with van der Waals surface area (Å²) >= 11 is 0. The smallest absolute Gasteiger partial charge is 0.224 e. The van der Waals surface area contributed by atoms with E-state index < -0.39 is 0 Å². The van der Waals surface area contributed by atoms with Gasteiger partial charge >= 0.3 is 0 Å². The highest BCUT2D eigenvalue weighted by Crippen LogP contribution is 2.11. The van der Waals surface area contributed by atoms with Gasteiger partial charge in [-0.15, -0.1) is 0 Å². The van der Waals surface area contributed by atoms with Crippen LogP contribution in [0.25, 0.3) is 0 Å². The molecule has 1 amide bonds. The molecule has 0 saturated heterocycles. The van der Waals surface area contributed by atoms with E-state index in [0.29, 0.717) is 18.0 Å². The van der Waals surface area contributed by atoms with E-state index in [1.165, 1.54) is 0 Å². The van der Waals surface area contributed by atoms with Gasteiger partial charge < -0.3 is 10.1 Å². The van der Waals surface area contributed by atoms with Gasteiger partial charge in [-0.2, -0.15) is 0 Å². The third kappa shape index (κ3) is 3.97. The molecule has 0 radical (unpaired) electrons. The Morgan fingerprint density at radius 2 is 2.33 bits per heavy atom. The molecule has 1 rings (SSSR count). The summed E-state index contributed by atoms with van der Waals surface area (Å²) in [6, 6.07) is 3.49. The Hall–Kier alpha value is -1.58.